The van der Waals surface area contributed by atoms with E-state index in [4.69, 9.17) is 0 Å². The van der Waals surface area contributed by atoms with Crippen molar-refractivity contribution in [1.82, 2.24) is 10.2 Å². The molecule has 2 unspecified atom stereocenters. The maximum absolute atomic E-state index is 12.8. The number of nitrogens with one attached hydrogen (secondary N) is 1. The summed E-state index contributed by atoms with van der Waals surface area (Å²) in [6.45, 7) is 0. The molecule has 1 saturated carbocycles. The maximum atomic E-state index is 12.8. The molecular formula is C15H16F2N2O. The highest BCUT2D eigenvalue weighted by atomic mass is 19.3. The average molecular weight is 278 g/mol. The summed E-state index contributed by atoms with van der Waals surface area (Å²) in [7, 11) is 0. The lowest BCUT2D eigenvalue weighted by molar-refractivity contribution is -0.0904. The lowest BCUT2D eigenvalue weighted by Gasteiger charge is -2.37. The third-order valence-corrected chi connectivity index (χ3v) is 4.75. The summed E-state index contributed by atoms with van der Waals surface area (Å²) < 4.78 is 25.7. The highest BCUT2D eigenvalue weighted by Crippen LogP contribution is 2.53. The lowest BCUT2D eigenvalue weighted by Crippen LogP contribution is -2.53. The van der Waals surface area contributed by atoms with Crippen molar-refractivity contribution < 1.29 is 13.6 Å². The first-order valence-corrected chi connectivity index (χ1v) is 7.11. The number of urea groups is 1. The smallest absolute Gasteiger partial charge is 0.318 e. The quantitative estimate of drug-likeness (QED) is 0.839. The zero-order valence-electron chi connectivity index (χ0n) is 11.0. The van der Waals surface area contributed by atoms with Gasteiger partial charge in [0.1, 0.15) is 0 Å². The highest BCUT2D eigenvalue weighted by Gasteiger charge is 2.49. The van der Waals surface area contributed by atoms with Crippen molar-refractivity contribution in [3.05, 3.63) is 35.4 Å². The Morgan fingerprint density at radius 1 is 1.15 bits per heavy atom. The van der Waals surface area contributed by atoms with E-state index in [1.54, 1.807) is 0 Å². The molecule has 2 fully saturated rings. The van der Waals surface area contributed by atoms with Crippen LogP contribution in [0.4, 0.5) is 13.6 Å². The van der Waals surface area contributed by atoms with Gasteiger partial charge in [-0.15, -0.1) is 0 Å². The first-order valence-electron chi connectivity index (χ1n) is 7.11. The van der Waals surface area contributed by atoms with Gasteiger partial charge in [-0.25, -0.2) is 13.6 Å². The normalized spacial score (nSPS) is 30.0. The molecular weight excluding hydrogens is 262 g/mol. The van der Waals surface area contributed by atoms with Crippen LogP contribution >= 0.6 is 0 Å². The van der Waals surface area contributed by atoms with Crippen molar-refractivity contribution in [3.8, 4) is 0 Å². The number of nitrogens with zero attached hydrogens (tertiary/aromatic N) is 1. The van der Waals surface area contributed by atoms with Gasteiger partial charge in [-0.05, 0) is 24.0 Å². The van der Waals surface area contributed by atoms with E-state index in [-0.39, 0.29) is 37.0 Å². The second-order valence-corrected chi connectivity index (χ2v) is 6.06. The van der Waals surface area contributed by atoms with Crippen LogP contribution in [0.2, 0.25) is 0 Å². The Labute approximate surface area is 116 Å². The van der Waals surface area contributed by atoms with E-state index in [0.717, 1.165) is 12.8 Å². The van der Waals surface area contributed by atoms with E-state index in [0.29, 0.717) is 0 Å². The predicted octanol–water partition coefficient (Wildman–Crippen LogP) is 3.39. The molecule has 2 aliphatic heterocycles. The molecule has 1 N–H and O–H groups in total. The van der Waals surface area contributed by atoms with Crippen molar-refractivity contribution in [2.45, 2.75) is 49.7 Å². The van der Waals surface area contributed by atoms with Gasteiger partial charge < -0.3 is 10.2 Å². The summed E-state index contributed by atoms with van der Waals surface area (Å²) in [5.41, 5.74) is 2.44. The van der Waals surface area contributed by atoms with Gasteiger partial charge >= 0.3 is 6.03 Å². The number of amides is 2. The minimum Gasteiger partial charge on any atom is -0.335 e. The topological polar surface area (TPSA) is 32.3 Å². The third kappa shape index (κ3) is 1.65. The van der Waals surface area contributed by atoms with Crippen molar-refractivity contribution in [2.24, 2.45) is 0 Å². The van der Waals surface area contributed by atoms with Crippen LogP contribution in [0.5, 0.6) is 0 Å². The molecule has 3 aliphatic rings. The molecule has 2 heterocycles. The molecule has 106 valence electrons. The molecule has 0 aromatic heterocycles. The third-order valence-electron chi connectivity index (χ3n) is 4.75. The summed E-state index contributed by atoms with van der Waals surface area (Å²) in [6, 6.07) is 7.79. The SMILES string of the molecule is O=C(NC1CC(F)(F)C1)N1C2CCC1c1ccccc12. The van der Waals surface area contributed by atoms with Crippen LogP contribution in [0.25, 0.3) is 0 Å². The molecule has 1 aliphatic carbocycles. The summed E-state index contributed by atoms with van der Waals surface area (Å²) in [5, 5.41) is 2.76. The Hall–Kier alpha value is -1.65. The molecule has 1 aromatic rings. The monoisotopic (exact) mass is 278 g/mol. The van der Waals surface area contributed by atoms with Gasteiger partial charge in [0.25, 0.3) is 5.92 Å². The fraction of sp³-hybridized carbons (Fsp3) is 0.533. The van der Waals surface area contributed by atoms with Gasteiger partial charge in [0.05, 0.1) is 12.1 Å². The van der Waals surface area contributed by atoms with E-state index in [1.165, 1.54) is 11.1 Å². The number of carbonyl (C=O) groups is 1. The van der Waals surface area contributed by atoms with Crippen LogP contribution in [0.3, 0.4) is 0 Å². The van der Waals surface area contributed by atoms with Gasteiger partial charge in [-0.2, -0.15) is 0 Å². The van der Waals surface area contributed by atoms with Crippen molar-refractivity contribution >= 4 is 6.03 Å². The molecule has 2 amide bonds. The number of halogens is 2. The Bertz CT molecular complexity index is 536. The van der Waals surface area contributed by atoms with Crippen LogP contribution in [0.15, 0.2) is 24.3 Å². The number of rotatable bonds is 1. The predicted molar refractivity (Wildman–Crippen MR) is 69.5 cm³/mol. The van der Waals surface area contributed by atoms with Gasteiger partial charge in [-0.1, -0.05) is 24.3 Å². The summed E-state index contributed by atoms with van der Waals surface area (Å²) in [6.07, 6.45) is 1.48. The highest BCUT2D eigenvalue weighted by molar-refractivity contribution is 5.77. The lowest BCUT2D eigenvalue weighted by atomic mass is 9.88. The second-order valence-electron chi connectivity index (χ2n) is 6.06. The summed E-state index contributed by atoms with van der Waals surface area (Å²) in [4.78, 5) is 14.2. The number of hydrogen-bond acceptors (Lipinski definition) is 1. The van der Waals surface area contributed by atoms with Crippen LogP contribution in [-0.4, -0.2) is 22.9 Å². The van der Waals surface area contributed by atoms with Gasteiger partial charge in [-0.3, -0.25) is 0 Å². The fourth-order valence-corrected chi connectivity index (χ4v) is 3.84. The van der Waals surface area contributed by atoms with E-state index >= 15 is 0 Å². The van der Waals surface area contributed by atoms with Crippen LogP contribution in [0.1, 0.15) is 48.9 Å². The largest absolute Gasteiger partial charge is 0.335 e. The van der Waals surface area contributed by atoms with E-state index in [1.807, 2.05) is 17.0 Å². The zero-order chi connectivity index (χ0) is 13.9. The van der Waals surface area contributed by atoms with Crippen molar-refractivity contribution in [3.63, 3.8) is 0 Å². The molecule has 2 bridgehead atoms. The molecule has 2 atom stereocenters. The van der Waals surface area contributed by atoms with Crippen LogP contribution in [-0.2, 0) is 0 Å². The maximum Gasteiger partial charge on any atom is 0.318 e. The van der Waals surface area contributed by atoms with E-state index in [2.05, 4.69) is 17.4 Å². The Morgan fingerprint density at radius 3 is 2.20 bits per heavy atom. The van der Waals surface area contributed by atoms with E-state index in [9.17, 15) is 13.6 Å². The molecule has 3 nitrogen and oxygen atoms in total. The number of carbonyl (C=O) groups excluding carboxylic acids is 1. The summed E-state index contributed by atoms with van der Waals surface area (Å²) in [5.74, 6) is -2.59. The van der Waals surface area contributed by atoms with Crippen molar-refractivity contribution in [1.29, 1.82) is 0 Å². The molecule has 20 heavy (non-hydrogen) atoms. The number of hydrogen-bond donors (Lipinski definition) is 1. The average Bonchev–Trinajstić information content (AvgIpc) is 2.93. The zero-order valence-corrected chi connectivity index (χ0v) is 11.0. The molecule has 1 saturated heterocycles. The first kappa shape index (κ1) is 12.1. The molecule has 5 heteroatoms. The molecule has 0 spiro atoms. The number of benzene rings is 1. The van der Waals surface area contributed by atoms with E-state index < -0.39 is 5.92 Å². The van der Waals surface area contributed by atoms with Gasteiger partial charge in [0.15, 0.2) is 0 Å². The minimum absolute atomic E-state index is 0.122. The second kappa shape index (κ2) is 3.93. The Kier molecular flexibility index (Phi) is 2.38. The van der Waals surface area contributed by atoms with Gasteiger partial charge in [0.2, 0.25) is 0 Å². The summed E-state index contributed by atoms with van der Waals surface area (Å²) >= 11 is 0. The molecule has 1 aromatic carbocycles. The van der Waals surface area contributed by atoms with Gasteiger partial charge in [0, 0.05) is 18.9 Å². The standard InChI is InChI=1S/C15H16F2N2O/c16-15(17)7-9(8-15)18-14(20)19-12-5-6-13(19)11-4-2-1-3-10(11)12/h1-4,9,12-13H,5-8H2,(H,18,20). The van der Waals surface area contributed by atoms with Crippen molar-refractivity contribution in [2.75, 3.05) is 0 Å². The fourth-order valence-electron chi connectivity index (χ4n) is 3.84. The Morgan fingerprint density at radius 2 is 1.70 bits per heavy atom. The Balaban J connectivity index is 1.50. The first-order chi connectivity index (χ1) is 9.55. The molecule has 4 rings (SSSR count). The minimum atomic E-state index is -2.59. The molecule has 0 radical (unpaired) electrons. The van der Waals surface area contributed by atoms with Crippen LogP contribution in [0, 0.1) is 0 Å². The number of fused-ring (bicyclic) bond motifs is 5. The van der Waals surface area contributed by atoms with Crippen LogP contribution < -0.4 is 5.32 Å². The number of alkyl halides is 2.